The molecule has 0 fully saturated rings. The zero-order chi connectivity index (χ0) is 16.9. The van der Waals surface area contributed by atoms with E-state index in [0.717, 1.165) is 6.08 Å². The van der Waals surface area contributed by atoms with Crippen LogP contribution in [0, 0.1) is 0 Å². The number of hydrogen-bond donors (Lipinski definition) is 2. The Labute approximate surface area is 133 Å². The maximum atomic E-state index is 11.8. The molecule has 1 aromatic carbocycles. The molecule has 0 amide bonds. The number of rotatable bonds is 5. The molecule has 1 unspecified atom stereocenters. The Kier molecular flexibility index (Phi) is 5.23. The van der Waals surface area contributed by atoms with E-state index in [1.165, 1.54) is 0 Å². The van der Waals surface area contributed by atoms with E-state index in [-0.39, 0.29) is 18.9 Å². The van der Waals surface area contributed by atoms with E-state index in [2.05, 4.69) is 5.32 Å². The van der Waals surface area contributed by atoms with Crippen molar-refractivity contribution in [1.29, 1.82) is 0 Å². The van der Waals surface area contributed by atoms with Crippen molar-refractivity contribution in [1.82, 2.24) is 0 Å². The van der Waals surface area contributed by atoms with Gasteiger partial charge in [-0.3, -0.25) is 4.79 Å². The Bertz CT molecular complexity index is 627. The van der Waals surface area contributed by atoms with E-state index in [1.807, 2.05) is 0 Å². The van der Waals surface area contributed by atoms with E-state index >= 15 is 0 Å². The zero-order valence-electron chi connectivity index (χ0n) is 13.0. The van der Waals surface area contributed by atoms with Gasteiger partial charge in [-0.15, -0.1) is 0 Å². The lowest BCUT2D eigenvalue weighted by molar-refractivity contribution is -0.163. The summed E-state index contributed by atoms with van der Waals surface area (Å²) >= 11 is 0. The summed E-state index contributed by atoms with van der Waals surface area (Å²) in [5.41, 5.74) is 0.583. The van der Waals surface area contributed by atoms with Gasteiger partial charge < -0.3 is 24.6 Å². The molecule has 7 heteroatoms. The van der Waals surface area contributed by atoms with Gasteiger partial charge in [0.2, 0.25) is 0 Å². The van der Waals surface area contributed by atoms with Crippen molar-refractivity contribution in [2.24, 2.45) is 0 Å². The van der Waals surface area contributed by atoms with Crippen molar-refractivity contribution in [2.45, 2.75) is 26.1 Å². The number of nitrogens with one attached hydrogen (secondary N) is 1. The van der Waals surface area contributed by atoms with Crippen LogP contribution in [0.1, 0.15) is 20.3 Å². The number of hydrogen-bond acceptors (Lipinski definition) is 7. The normalized spacial score (nSPS) is 20.9. The molecule has 0 saturated heterocycles. The van der Waals surface area contributed by atoms with Crippen LogP contribution in [0.15, 0.2) is 36.0 Å². The lowest BCUT2D eigenvalue weighted by Crippen LogP contribution is -2.46. The van der Waals surface area contributed by atoms with Crippen LogP contribution < -0.4 is 10.1 Å². The molecule has 0 saturated carbocycles. The van der Waals surface area contributed by atoms with E-state index in [4.69, 9.17) is 14.2 Å². The average Bonchev–Trinajstić information content (AvgIpc) is 2.48. The first kappa shape index (κ1) is 16.8. The molecule has 0 aliphatic carbocycles. The van der Waals surface area contributed by atoms with Gasteiger partial charge in [0.1, 0.15) is 12.2 Å². The van der Waals surface area contributed by atoms with E-state index in [1.54, 1.807) is 38.1 Å². The molecule has 1 aliphatic rings. The highest BCUT2D eigenvalue weighted by molar-refractivity contribution is 5.85. The second kappa shape index (κ2) is 7.15. The summed E-state index contributed by atoms with van der Waals surface area (Å²) in [6.07, 6.45) is 0.603. The van der Waals surface area contributed by atoms with Gasteiger partial charge in [0, 0.05) is 6.08 Å². The maximum absolute atomic E-state index is 11.8. The molecule has 0 bridgehead atoms. The van der Waals surface area contributed by atoms with Crippen LogP contribution in [0.3, 0.4) is 0 Å². The van der Waals surface area contributed by atoms with Crippen LogP contribution in [0.25, 0.3) is 0 Å². The number of ether oxygens (including phenoxy) is 3. The quantitative estimate of drug-likeness (QED) is 0.628. The maximum Gasteiger partial charge on any atom is 0.332 e. The molecule has 2 rings (SSSR count). The minimum absolute atomic E-state index is 0.0164. The van der Waals surface area contributed by atoms with Crippen molar-refractivity contribution in [3.8, 4) is 5.75 Å². The fraction of sp³-hybridized carbons (Fsp3) is 0.375. The first-order valence-corrected chi connectivity index (χ1v) is 7.30. The molecule has 7 nitrogen and oxygen atoms in total. The summed E-state index contributed by atoms with van der Waals surface area (Å²) in [5, 5.41) is 13.6. The van der Waals surface area contributed by atoms with Crippen molar-refractivity contribution >= 4 is 17.6 Å². The molecule has 23 heavy (non-hydrogen) atoms. The number of para-hydroxylation sites is 2. The largest absolute Gasteiger partial charge is 0.466 e. The summed E-state index contributed by atoms with van der Waals surface area (Å²) in [4.78, 5) is 23.5. The topological polar surface area (TPSA) is 94.1 Å². The van der Waals surface area contributed by atoms with Crippen molar-refractivity contribution in [3.63, 3.8) is 0 Å². The summed E-state index contributed by atoms with van der Waals surface area (Å²) in [5.74, 6) is -2.97. The number of anilines is 1. The third-order valence-electron chi connectivity index (χ3n) is 3.09. The van der Waals surface area contributed by atoms with Gasteiger partial charge in [-0.05, 0) is 26.0 Å². The van der Waals surface area contributed by atoms with Gasteiger partial charge in [0.05, 0.1) is 24.6 Å². The van der Waals surface area contributed by atoms with Crippen molar-refractivity contribution < 1.29 is 28.9 Å². The molecule has 2 N–H and O–H groups in total. The molecule has 0 aromatic heterocycles. The second-order valence-electron chi connectivity index (χ2n) is 4.80. The van der Waals surface area contributed by atoms with Gasteiger partial charge in [0.25, 0.3) is 5.79 Å². The van der Waals surface area contributed by atoms with Crippen molar-refractivity contribution in [3.05, 3.63) is 36.0 Å². The van der Waals surface area contributed by atoms with Crippen LogP contribution in [0.2, 0.25) is 0 Å². The predicted octanol–water partition coefficient (Wildman–Crippen LogP) is 1.58. The Hall–Kier alpha value is -2.54. The fourth-order valence-electron chi connectivity index (χ4n) is 2.13. The average molecular weight is 321 g/mol. The number of fused-ring (bicyclic) bond motifs is 1. The zero-order valence-corrected chi connectivity index (χ0v) is 13.0. The monoisotopic (exact) mass is 321 g/mol. The Morgan fingerprint density at radius 3 is 2.65 bits per heavy atom. The molecule has 1 aliphatic heterocycles. The van der Waals surface area contributed by atoms with Crippen LogP contribution in [-0.4, -0.2) is 36.0 Å². The SMILES string of the molecule is CCOC(=O)C=C1Nc2ccccc2OC1(O)CC(=O)OCC. The van der Waals surface area contributed by atoms with Gasteiger partial charge >= 0.3 is 11.9 Å². The Morgan fingerprint density at radius 2 is 1.96 bits per heavy atom. The highest BCUT2D eigenvalue weighted by Gasteiger charge is 2.42. The summed E-state index contributed by atoms with van der Waals surface area (Å²) in [7, 11) is 0. The van der Waals surface area contributed by atoms with Crippen LogP contribution in [-0.2, 0) is 19.1 Å². The minimum Gasteiger partial charge on any atom is -0.466 e. The number of benzene rings is 1. The molecule has 0 radical (unpaired) electrons. The summed E-state index contributed by atoms with van der Waals surface area (Å²) in [6, 6.07) is 6.86. The third-order valence-corrected chi connectivity index (χ3v) is 3.09. The molecule has 124 valence electrons. The molecular formula is C16H19NO6. The van der Waals surface area contributed by atoms with Crippen LogP contribution in [0.5, 0.6) is 5.75 Å². The third kappa shape index (κ3) is 4.01. The minimum atomic E-state index is -2.03. The number of aliphatic hydroxyl groups is 1. The van der Waals surface area contributed by atoms with E-state index in [9.17, 15) is 14.7 Å². The highest BCUT2D eigenvalue weighted by Crippen LogP contribution is 2.38. The van der Waals surface area contributed by atoms with Gasteiger partial charge in [-0.2, -0.15) is 0 Å². The summed E-state index contributed by atoms with van der Waals surface area (Å²) < 4.78 is 15.2. The summed E-state index contributed by atoms with van der Waals surface area (Å²) in [6.45, 7) is 3.69. The van der Waals surface area contributed by atoms with E-state index in [0.29, 0.717) is 11.4 Å². The molecule has 1 atom stereocenters. The van der Waals surface area contributed by atoms with Gasteiger partial charge in [0.15, 0.2) is 0 Å². The highest BCUT2D eigenvalue weighted by atomic mass is 16.6. The Morgan fingerprint density at radius 1 is 1.26 bits per heavy atom. The first-order chi connectivity index (χ1) is 11.0. The van der Waals surface area contributed by atoms with Crippen molar-refractivity contribution in [2.75, 3.05) is 18.5 Å². The van der Waals surface area contributed by atoms with E-state index < -0.39 is 24.1 Å². The number of esters is 2. The predicted molar refractivity (Wildman–Crippen MR) is 81.6 cm³/mol. The smallest absolute Gasteiger partial charge is 0.332 e. The lowest BCUT2D eigenvalue weighted by Gasteiger charge is -2.36. The van der Waals surface area contributed by atoms with Gasteiger partial charge in [-0.25, -0.2) is 4.79 Å². The molecule has 1 aromatic rings. The van der Waals surface area contributed by atoms with Gasteiger partial charge in [-0.1, -0.05) is 12.1 Å². The first-order valence-electron chi connectivity index (χ1n) is 7.30. The lowest BCUT2D eigenvalue weighted by atomic mass is 10.1. The molecule has 1 heterocycles. The molecule has 0 spiro atoms. The standard InChI is InChI=1S/C16H19NO6/c1-3-21-14(18)9-13-16(20,10-15(19)22-4-2)23-12-8-6-5-7-11(12)17-13/h5-9,17,20H,3-4,10H2,1-2H3. The number of carbonyl (C=O) groups is 2. The van der Waals surface area contributed by atoms with Crippen LogP contribution in [0.4, 0.5) is 5.69 Å². The fourth-order valence-corrected chi connectivity index (χ4v) is 2.13. The Balaban J connectivity index is 2.34. The van der Waals surface area contributed by atoms with Crippen LogP contribution >= 0.6 is 0 Å². The second-order valence-corrected chi connectivity index (χ2v) is 4.80. The number of carbonyl (C=O) groups excluding carboxylic acids is 2. The molecular weight excluding hydrogens is 302 g/mol.